The number of amides is 3. The molecule has 3 amide bonds. The first-order valence-corrected chi connectivity index (χ1v) is 9.08. The number of urea groups is 1. The van der Waals surface area contributed by atoms with Gasteiger partial charge in [0, 0.05) is 12.1 Å². The fourth-order valence-corrected chi connectivity index (χ4v) is 3.54. The first kappa shape index (κ1) is 17.3. The molecule has 5 nitrogen and oxygen atoms in total. The van der Waals surface area contributed by atoms with Crippen molar-refractivity contribution >= 4 is 11.9 Å². The fourth-order valence-electron chi connectivity index (χ4n) is 3.54. The quantitative estimate of drug-likeness (QED) is 0.748. The van der Waals surface area contributed by atoms with E-state index in [9.17, 15) is 9.59 Å². The zero-order chi connectivity index (χ0) is 15.6. The molecule has 2 aliphatic carbocycles. The van der Waals surface area contributed by atoms with E-state index in [2.05, 4.69) is 16.0 Å². The van der Waals surface area contributed by atoms with Gasteiger partial charge in [-0.25, -0.2) is 4.79 Å². The second-order valence-electron chi connectivity index (χ2n) is 6.78. The summed E-state index contributed by atoms with van der Waals surface area (Å²) in [5, 5.41) is 8.66. The predicted octanol–water partition coefficient (Wildman–Crippen LogP) is 2.85. The van der Waals surface area contributed by atoms with Gasteiger partial charge in [0.2, 0.25) is 5.91 Å². The van der Waals surface area contributed by atoms with Gasteiger partial charge in [0.15, 0.2) is 0 Å². The molecule has 5 heteroatoms. The molecule has 0 unspecified atom stereocenters. The number of rotatable bonds is 4. The van der Waals surface area contributed by atoms with Gasteiger partial charge < -0.3 is 10.6 Å². The molecule has 3 N–H and O–H groups in total. The summed E-state index contributed by atoms with van der Waals surface area (Å²) in [7, 11) is 0. The van der Waals surface area contributed by atoms with Crippen LogP contribution in [0.5, 0.6) is 0 Å². The average molecular weight is 309 g/mol. The lowest BCUT2D eigenvalue weighted by atomic mass is 9.96. The molecule has 2 aliphatic rings. The lowest BCUT2D eigenvalue weighted by molar-refractivity contribution is -0.119. The van der Waals surface area contributed by atoms with Crippen molar-refractivity contribution in [2.24, 2.45) is 0 Å². The van der Waals surface area contributed by atoms with E-state index in [0.717, 1.165) is 25.7 Å². The molecule has 0 radical (unpaired) electrons. The highest BCUT2D eigenvalue weighted by molar-refractivity contribution is 5.95. The van der Waals surface area contributed by atoms with E-state index in [1.807, 2.05) is 0 Å². The average Bonchev–Trinajstić information content (AvgIpc) is 2.47. The predicted molar refractivity (Wildman–Crippen MR) is 87.7 cm³/mol. The minimum Gasteiger partial charge on any atom is -0.335 e. The molecule has 126 valence electrons. The zero-order valence-electron chi connectivity index (χ0n) is 13.7. The SMILES string of the molecule is O=C(CNC1CCCCCCC1)NC(=O)NC1CCCCC1. The van der Waals surface area contributed by atoms with Crippen LogP contribution in [0.15, 0.2) is 0 Å². The van der Waals surface area contributed by atoms with Crippen LogP contribution in [0.4, 0.5) is 4.79 Å². The molecule has 0 aromatic heterocycles. The van der Waals surface area contributed by atoms with E-state index in [1.165, 1.54) is 51.4 Å². The summed E-state index contributed by atoms with van der Waals surface area (Å²) in [5.41, 5.74) is 0. The van der Waals surface area contributed by atoms with Crippen LogP contribution >= 0.6 is 0 Å². The van der Waals surface area contributed by atoms with Gasteiger partial charge in [-0.15, -0.1) is 0 Å². The highest BCUT2D eigenvalue weighted by Crippen LogP contribution is 2.17. The summed E-state index contributed by atoms with van der Waals surface area (Å²) in [4.78, 5) is 23.7. The number of hydrogen-bond donors (Lipinski definition) is 3. The van der Waals surface area contributed by atoms with Crippen LogP contribution in [0, 0.1) is 0 Å². The molecular formula is C17H31N3O2. The summed E-state index contributed by atoms with van der Waals surface area (Å²) < 4.78 is 0. The number of nitrogens with one attached hydrogen (secondary N) is 3. The minimum atomic E-state index is -0.337. The van der Waals surface area contributed by atoms with E-state index in [-0.39, 0.29) is 24.5 Å². The Morgan fingerprint density at radius 1 is 0.727 bits per heavy atom. The molecule has 0 heterocycles. The van der Waals surface area contributed by atoms with Gasteiger partial charge in [0.25, 0.3) is 0 Å². The van der Waals surface area contributed by atoms with Gasteiger partial charge in [-0.3, -0.25) is 10.1 Å². The fraction of sp³-hybridized carbons (Fsp3) is 0.882. The Balaban J connectivity index is 1.60. The highest BCUT2D eigenvalue weighted by atomic mass is 16.2. The molecule has 22 heavy (non-hydrogen) atoms. The van der Waals surface area contributed by atoms with Gasteiger partial charge in [-0.05, 0) is 25.7 Å². The summed E-state index contributed by atoms with van der Waals surface area (Å²) in [6, 6.07) is 0.323. The van der Waals surface area contributed by atoms with Crippen LogP contribution in [0.2, 0.25) is 0 Å². The van der Waals surface area contributed by atoms with E-state index in [1.54, 1.807) is 0 Å². The molecule has 0 aromatic rings. The lowest BCUT2D eigenvalue weighted by Gasteiger charge is -2.23. The second kappa shape index (κ2) is 9.82. The van der Waals surface area contributed by atoms with Crippen LogP contribution in [0.25, 0.3) is 0 Å². The Kier molecular flexibility index (Phi) is 7.71. The summed E-state index contributed by atoms with van der Waals surface area (Å²) in [6.45, 7) is 0.239. The van der Waals surface area contributed by atoms with Crippen molar-refractivity contribution in [2.75, 3.05) is 6.54 Å². The van der Waals surface area contributed by atoms with Crippen molar-refractivity contribution in [3.05, 3.63) is 0 Å². The van der Waals surface area contributed by atoms with Gasteiger partial charge in [0.1, 0.15) is 0 Å². The lowest BCUT2D eigenvalue weighted by Crippen LogP contribution is -2.48. The van der Waals surface area contributed by atoms with Crippen LogP contribution in [0.3, 0.4) is 0 Å². The van der Waals surface area contributed by atoms with Crippen molar-refractivity contribution in [3.8, 4) is 0 Å². The maximum atomic E-state index is 11.9. The number of carbonyl (C=O) groups is 2. The van der Waals surface area contributed by atoms with Crippen LogP contribution in [-0.2, 0) is 4.79 Å². The van der Waals surface area contributed by atoms with Crippen molar-refractivity contribution in [3.63, 3.8) is 0 Å². The van der Waals surface area contributed by atoms with Crippen LogP contribution in [-0.4, -0.2) is 30.6 Å². The monoisotopic (exact) mass is 309 g/mol. The Hall–Kier alpha value is -1.10. The second-order valence-corrected chi connectivity index (χ2v) is 6.78. The number of hydrogen-bond acceptors (Lipinski definition) is 3. The van der Waals surface area contributed by atoms with Crippen molar-refractivity contribution in [1.82, 2.24) is 16.0 Å². The van der Waals surface area contributed by atoms with E-state index < -0.39 is 0 Å². The normalized spacial score (nSPS) is 21.6. The molecular weight excluding hydrogens is 278 g/mol. The minimum absolute atomic E-state index is 0.227. The Morgan fingerprint density at radius 2 is 1.23 bits per heavy atom. The molecule has 0 aromatic carbocycles. The Bertz CT molecular complexity index is 346. The van der Waals surface area contributed by atoms with Gasteiger partial charge in [0.05, 0.1) is 6.54 Å². The maximum absolute atomic E-state index is 11.9. The zero-order valence-corrected chi connectivity index (χ0v) is 13.7. The van der Waals surface area contributed by atoms with Gasteiger partial charge in [-0.2, -0.15) is 0 Å². The molecule has 0 aliphatic heterocycles. The molecule has 2 saturated carbocycles. The van der Waals surface area contributed by atoms with E-state index >= 15 is 0 Å². The third-order valence-corrected chi connectivity index (χ3v) is 4.85. The smallest absolute Gasteiger partial charge is 0.321 e. The van der Waals surface area contributed by atoms with Gasteiger partial charge in [-0.1, -0.05) is 51.4 Å². The molecule has 2 rings (SSSR count). The third kappa shape index (κ3) is 6.77. The molecule has 0 saturated heterocycles. The van der Waals surface area contributed by atoms with Crippen molar-refractivity contribution in [2.45, 2.75) is 89.1 Å². The summed E-state index contributed by atoms with van der Waals surface area (Å²) in [6.07, 6.45) is 14.3. The van der Waals surface area contributed by atoms with Crippen molar-refractivity contribution < 1.29 is 9.59 Å². The van der Waals surface area contributed by atoms with Crippen LogP contribution < -0.4 is 16.0 Å². The summed E-state index contributed by atoms with van der Waals surface area (Å²) >= 11 is 0. The first-order chi connectivity index (χ1) is 10.7. The maximum Gasteiger partial charge on any atom is 0.321 e. The first-order valence-electron chi connectivity index (χ1n) is 9.08. The summed E-state index contributed by atoms with van der Waals surface area (Å²) in [5.74, 6) is -0.227. The molecule has 0 spiro atoms. The number of imide groups is 1. The van der Waals surface area contributed by atoms with Crippen LogP contribution in [0.1, 0.15) is 77.0 Å². The van der Waals surface area contributed by atoms with Gasteiger partial charge >= 0.3 is 6.03 Å². The standard InChI is InChI=1S/C17H31N3O2/c21-16(13-18-14-9-5-2-1-3-6-10-14)20-17(22)19-15-11-7-4-8-12-15/h14-15,18H,1-13H2,(H2,19,20,21,22). The number of carbonyl (C=O) groups excluding carboxylic acids is 2. The topological polar surface area (TPSA) is 70.2 Å². The van der Waals surface area contributed by atoms with E-state index in [4.69, 9.17) is 0 Å². The highest BCUT2D eigenvalue weighted by Gasteiger charge is 2.17. The van der Waals surface area contributed by atoms with E-state index in [0.29, 0.717) is 6.04 Å². The third-order valence-electron chi connectivity index (χ3n) is 4.85. The molecule has 0 bridgehead atoms. The largest absolute Gasteiger partial charge is 0.335 e. The van der Waals surface area contributed by atoms with Crippen molar-refractivity contribution in [1.29, 1.82) is 0 Å². The molecule has 0 atom stereocenters. The molecule has 2 fully saturated rings. The Labute approximate surface area is 134 Å². The Morgan fingerprint density at radius 3 is 1.86 bits per heavy atom.